The summed E-state index contributed by atoms with van der Waals surface area (Å²) in [6, 6.07) is 7.96. The number of aromatic nitrogens is 3. The van der Waals surface area contributed by atoms with Crippen LogP contribution in [0.1, 0.15) is 69.9 Å². The molecule has 204 valence electrons. The molecule has 2 aliphatic rings. The van der Waals surface area contributed by atoms with Crippen LogP contribution in [0.25, 0.3) is 11.0 Å². The highest BCUT2D eigenvalue weighted by Gasteiger charge is 2.42. The number of aryl methyl sites for hydroxylation is 2. The molecule has 2 fully saturated rings. The van der Waals surface area contributed by atoms with E-state index in [1.165, 1.54) is 3.57 Å². The molecule has 1 amide bonds. The molecule has 9 heteroatoms. The lowest BCUT2D eigenvalue weighted by molar-refractivity contribution is -0.149. The van der Waals surface area contributed by atoms with Crippen molar-refractivity contribution in [1.29, 1.82) is 0 Å². The van der Waals surface area contributed by atoms with Crippen molar-refractivity contribution < 1.29 is 19.4 Å². The third-order valence-corrected chi connectivity index (χ3v) is 9.09. The number of rotatable bonds is 6. The summed E-state index contributed by atoms with van der Waals surface area (Å²) < 4.78 is 9.27. The molecule has 0 aliphatic heterocycles. The van der Waals surface area contributed by atoms with E-state index >= 15 is 0 Å². The van der Waals surface area contributed by atoms with Crippen molar-refractivity contribution in [3.05, 3.63) is 39.0 Å². The van der Waals surface area contributed by atoms with Gasteiger partial charge in [-0.3, -0.25) is 19.2 Å². The Balaban J connectivity index is 1.55. The van der Waals surface area contributed by atoms with Crippen molar-refractivity contribution in [3.8, 4) is 17.7 Å². The van der Waals surface area contributed by atoms with Gasteiger partial charge in [0.05, 0.1) is 17.1 Å². The zero-order valence-corrected chi connectivity index (χ0v) is 25.1. The first-order chi connectivity index (χ1) is 18.5. The Labute approximate surface area is 242 Å². The number of pyridine rings is 1. The number of carbonyl (C=O) groups excluding carboxylic acids is 1. The number of fused-ring (bicyclic) bond motifs is 1. The molecule has 2 atom stereocenters. The zero-order valence-electron chi connectivity index (χ0n) is 22.9. The molecule has 8 nitrogen and oxygen atoms in total. The van der Waals surface area contributed by atoms with E-state index in [4.69, 9.17) is 9.72 Å². The molecule has 1 unspecified atom stereocenters. The van der Waals surface area contributed by atoms with Crippen molar-refractivity contribution in [2.24, 2.45) is 18.4 Å². The second kappa shape index (κ2) is 10.5. The fraction of sp³-hybridized carbons (Fsp3) is 0.467. The van der Waals surface area contributed by atoms with Crippen molar-refractivity contribution >= 4 is 57.0 Å². The molecular formula is C30H33IN4O4. The number of aliphatic carboxylic acids is 1. The van der Waals surface area contributed by atoms with Crippen molar-refractivity contribution in [2.45, 2.75) is 71.8 Å². The predicted molar refractivity (Wildman–Crippen MR) is 158 cm³/mol. The maximum absolute atomic E-state index is 13.4. The second-order valence-electron chi connectivity index (χ2n) is 11.3. The lowest BCUT2D eigenvalue weighted by Gasteiger charge is -2.39. The van der Waals surface area contributed by atoms with Crippen LogP contribution in [-0.2, 0) is 16.6 Å². The van der Waals surface area contributed by atoms with Crippen LogP contribution < -0.4 is 9.64 Å². The summed E-state index contributed by atoms with van der Waals surface area (Å²) in [6.07, 6.45) is 3.79. The van der Waals surface area contributed by atoms with Gasteiger partial charge in [-0.1, -0.05) is 19.8 Å². The molecule has 39 heavy (non-hydrogen) atoms. The van der Waals surface area contributed by atoms with Gasteiger partial charge in [0, 0.05) is 10.6 Å². The van der Waals surface area contributed by atoms with E-state index in [-0.39, 0.29) is 12.0 Å². The van der Waals surface area contributed by atoms with Crippen LogP contribution in [0.2, 0.25) is 0 Å². The summed E-state index contributed by atoms with van der Waals surface area (Å²) in [6.45, 7) is 7.65. The molecule has 1 N–H and O–H groups in total. The van der Waals surface area contributed by atoms with Crippen LogP contribution >= 0.6 is 22.6 Å². The minimum atomic E-state index is -0.760. The quantitative estimate of drug-likeness (QED) is 0.258. The van der Waals surface area contributed by atoms with Crippen LogP contribution in [0.4, 0.5) is 11.5 Å². The molecule has 1 aromatic carbocycles. The van der Waals surface area contributed by atoms with Crippen LogP contribution in [0.15, 0.2) is 24.3 Å². The number of benzene rings is 1. The molecule has 3 aromatic rings. The fourth-order valence-electron chi connectivity index (χ4n) is 5.69. The van der Waals surface area contributed by atoms with E-state index in [1.54, 1.807) is 16.5 Å². The summed E-state index contributed by atoms with van der Waals surface area (Å²) in [5.41, 5.74) is 3.98. The largest absolute Gasteiger partial charge is 0.481 e. The highest BCUT2D eigenvalue weighted by atomic mass is 127. The van der Waals surface area contributed by atoms with Gasteiger partial charge in [0.1, 0.15) is 11.9 Å². The molecule has 0 bridgehead atoms. The Morgan fingerprint density at radius 1 is 1.21 bits per heavy atom. The SMILES string of the molecule is CC#CC(=O)N(c1ccc2c(n1)c(O[C@H]1CCC(C(=O)O)C(C)(C)C1)nn2C)c1cc(C)c(I)cc1C1CC1. The van der Waals surface area contributed by atoms with Gasteiger partial charge in [0.25, 0.3) is 5.88 Å². The first kappa shape index (κ1) is 27.4. The number of amides is 1. The van der Waals surface area contributed by atoms with Gasteiger partial charge in [0.2, 0.25) is 0 Å². The first-order valence-electron chi connectivity index (χ1n) is 13.3. The van der Waals surface area contributed by atoms with E-state index in [9.17, 15) is 14.7 Å². The molecular weight excluding hydrogens is 607 g/mol. The standard InChI is InChI=1S/C30H33IN4O4/c1-6-7-26(36)35(24-14-17(2)22(31)15-20(24)18-8-9-18)25-13-12-23-27(32-25)28(33-34(23)5)39-19-10-11-21(29(37)38)30(3,4)16-19/h12-15,18-19,21H,8-11,16H2,1-5H3,(H,37,38)/t19-,21?/m0/s1. The number of halogens is 1. The number of hydrogen-bond acceptors (Lipinski definition) is 5. The molecule has 5 rings (SSSR count). The molecule has 2 heterocycles. The summed E-state index contributed by atoms with van der Waals surface area (Å²) in [5, 5.41) is 14.2. The number of ether oxygens (including phenoxy) is 1. The van der Waals surface area contributed by atoms with Crippen molar-refractivity contribution in [1.82, 2.24) is 14.8 Å². The highest BCUT2D eigenvalue weighted by molar-refractivity contribution is 14.1. The van der Waals surface area contributed by atoms with E-state index in [0.717, 1.165) is 35.2 Å². The minimum Gasteiger partial charge on any atom is -0.481 e. The minimum absolute atomic E-state index is 0.178. The normalized spacial score (nSPS) is 20.3. The maximum Gasteiger partial charge on any atom is 0.308 e. The predicted octanol–water partition coefficient (Wildman–Crippen LogP) is 6.11. The Morgan fingerprint density at radius 3 is 2.59 bits per heavy atom. The van der Waals surface area contributed by atoms with Crippen molar-refractivity contribution in [2.75, 3.05) is 4.90 Å². The van der Waals surface area contributed by atoms with E-state index in [1.807, 2.05) is 40.0 Å². The summed E-state index contributed by atoms with van der Waals surface area (Å²) in [7, 11) is 1.83. The number of anilines is 2. The second-order valence-corrected chi connectivity index (χ2v) is 12.5. The smallest absolute Gasteiger partial charge is 0.308 e. The average Bonchev–Trinajstić information content (AvgIpc) is 3.66. The molecule has 2 aromatic heterocycles. The molecule has 0 radical (unpaired) electrons. The Hall–Kier alpha value is -3.13. The van der Waals surface area contributed by atoms with Gasteiger partial charge < -0.3 is 9.84 Å². The zero-order chi connectivity index (χ0) is 28.1. The van der Waals surface area contributed by atoms with Gasteiger partial charge in [-0.05, 0) is 121 Å². The number of carbonyl (C=O) groups is 2. The molecule has 2 aliphatic carbocycles. The van der Waals surface area contributed by atoms with Gasteiger partial charge in [0.15, 0.2) is 5.52 Å². The van der Waals surface area contributed by atoms with Gasteiger partial charge in [-0.15, -0.1) is 5.10 Å². The molecule has 0 spiro atoms. The average molecular weight is 641 g/mol. The van der Waals surface area contributed by atoms with E-state index in [2.05, 4.69) is 51.7 Å². The first-order valence-corrected chi connectivity index (χ1v) is 14.4. The number of carboxylic acid groups (broad SMARTS) is 1. The molecule has 0 saturated heterocycles. The maximum atomic E-state index is 13.4. The Kier molecular flexibility index (Phi) is 7.35. The van der Waals surface area contributed by atoms with Gasteiger partial charge in [-0.25, -0.2) is 4.98 Å². The van der Waals surface area contributed by atoms with Crippen LogP contribution in [0, 0.1) is 33.7 Å². The highest BCUT2D eigenvalue weighted by Crippen LogP contribution is 2.47. The fourth-order valence-corrected chi connectivity index (χ4v) is 6.18. The van der Waals surface area contributed by atoms with E-state index in [0.29, 0.717) is 42.4 Å². The number of nitrogens with zero attached hydrogens (tertiary/aromatic N) is 4. The topological polar surface area (TPSA) is 97.6 Å². The van der Waals surface area contributed by atoms with Gasteiger partial charge >= 0.3 is 11.9 Å². The summed E-state index contributed by atoms with van der Waals surface area (Å²) in [5.74, 6) is 5.23. The van der Waals surface area contributed by atoms with Gasteiger partial charge in [-0.2, -0.15) is 0 Å². The third-order valence-electron chi connectivity index (χ3n) is 7.93. The summed E-state index contributed by atoms with van der Waals surface area (Å²) in [4.78, 5) is 31.7. The van der Waals surface area contributed by atoms with Crippen LogP contribution in [-0.4, -0.2) is 37.9 Å². The van der Waals surface area contributed by atoms with Crippen LogP contribution in [0.3, 0.4) is 0 Å². The third kappa shape index (κ3) is 5.36. The van der Waals surface area contributed by atoms with Crippen molar-refractivity contribution in [3.63, 3.8) is 0 Å². The molecule has 2 saturated carbocycles. The lowest BCUT2D eigenvalue weighted by Crippen LogP contribution is -2.41. The summed E-state index contributed by atoms with van der Waals surface area (Å²) >= 11 is 2.34. The number of carboxylic acids is 1. The van der Waals surface area contributed by atoms with E-state index < -0.39 is 17.3 Å². The Morgan fingerprint density at radius 2 is 1.95 bits per heavy atom. The lowest BCUT2D eigenvalue weighted by atomic mass is 9.68. The number of hydrogen-bond donors (Lipinski definition) is 1. The Bertz CT molecular complexity index is 1530. The monoisotopic (exact) mass is 640 g/mol. The van der Waals surface area contributed by atoms with Crippen LogP contribution in [0.5, 0.6) is 5.88 Å².